The van der Waals surface area contributed by atoms with Crippen LogP contribution in [-0.4, -0.2) is 71.3 Å². The van der Waals surface area contributed by atoms with Gasteiger partial charge in [0.05, 0.1) is 27.7 Å². The lowest BCUT2D eigenvalue weighted by Gasteiger charge is -2.32. The summed E-state index contributed by atoms with van der Waals surface area (Å²) in [5.74, 6) is 1.10. The first-order chi connectivity index (χ1) is 13.1. The molecule has 0 amide bonds. The van der Waals surface area contributed by atoms with Crippen molar-refractivity contribution in [1.82, 2.24) is 0 Å². The summed E-state index contributed by atoms with van der Waals surface area (Å²) in [6, 6.07) is 14.4. The topological polar surface area (TPSA) is 72.8 Å². The molecule has 0 radical (unpaired) electrons. The molecule has 1 atom stereocenters. The molecule has 0 unspecified atom stereocenters. The van der Waals surface area contributed by atoms with Crippen LogP contribution in [0.3, 0.4) is 0 Å². The van der Waals surface area contributed by atoms with Crippen molar-refractivity contribution in [1.29, 1.82) is 0 Å². The highest BCUT2D eigenvalue weighted by Crippen LogP contribution is 2.23. The van der Waals surface area contributed by atoms with E-state index in [0.717, 1.165) is 25.0 Å². The van der Waals surface area contributed by atoms with Gasteiger partial charge in [0.25, 0.3) is 0 Å². The Morgan fingerprint density at radius 1 is 1.07 bits per heavy atom. The maximum absolute atomic E-state index is 11.8. The summed E-state index contributed by atoms with van der Waals surface area (Å²) in [7, 11) is 2.37. The molecule has 0 heterocycles. The van der Waals surface area contributed by atoms with Crippen molar-refractivity contribution in [3.05, 3.63) is 54.1 Å². The van der Waals surface area contributed by atoms with Crippen LogP contribution in [0, 0.1) is 0 Å². The summed E-state index contributed by atoms with van der Waals surface area (Å²) < 4.78 is 35.1. The third kappa shape index (κ3) is 6.82. The number of aliphatic hydroxyl groups is 1. The van der Waals surface area contributed by atoms with Crippen LogP contribution in [0.4, 0.5) is 0 Å². The van der Waals surface area contributed by atoms with Crippen LogP contribution in [0.15, 0.2) is 53.4 Å². The maximum Gasteiger partial charge on any atom is 0.179 e. The number of ether oxygens (including phenoxy) is 2. The molecule has 154 valence electrons. The zero-order valence-corrected chi connectivity index (χ0v) is 17.8. The molecule has 28 heavy (non-hydrogen) atoms. The lowest BCUT2D eigenvalue weighted by atomic mass is 10.1. The molecule has 2 aromatic carbocycles. The second-order valence-electron chi connectivity index (χ2n) is 7.62. The van der Waals surface area contributed by atoms with Gasteiger partial charge >= 0.3 is 0 Å². The Bertz CT molecular complexity index is 863. The molecular weight excluding hydrogens is 378 g/mol. The number of quaternary nitrogens is 1. The fourth-order valence-corrected chi connectivity index (χ4v) is 3.82. The van der Waals surface area contributed by atoms with Crippen molar-refractivity contribution in [3.8, 4) is 11.5 Å². The largest absolute Gasteiger partial charge is 0.497 e. The van der Waals surface area contributed by atoms with Crippen molar-refractivity contribution < 1.29 is 27.5 Å². The second kappa shape index (κ2) is 9.41. The molecule has 0 aromatic heterocycles. The van der Waals surface area contributed by atoms with Gasteiger partial charge in [-0.1, -0.05) is 24.3 Å². The highest BCUT2D eigenvalue weighted by Gasteiger charge is 2.22. The van der Waals surface area contributed by atoms with Gasteiger partial charge in [-0.25, -0.2) is 8.42 Å². The normalized spacial score (nSPS) is 13.2. The number of methoxy groups -OCH3 is 1. The van der Waals surface area contributed by atoms with Gasteiger partial charge in [-0.3, -0.25) is 0 Å². The first kappa shape index (κ1) is 22.2. The Morgan fingerprint density at radius 2 is 1.71 bits per heavy atom. The predicted molar refractivity (Wildman–Crippen MR) is 110 cm³/mol. The van der Waals surface area contributed by atoms with E-state index in [1.807, 2.05) is 24.3 Å². The molecule has 0 saturated carbocycles. The maximum atomic E-state index is 11.8. The minimum atomic E-state index is -3.38. The average Bonchev–Trinajstić information content (AvgIpc) is 2.64. The molecule has 7 heteroatoms. The minimum absolute atomic E-state index is 0.0384. The molecule has 0 saturated heterocycles. The van der Waals surface area contributed by atoms with Crippen LogP contribution in [-0.2, 0) is 16.3 Å². The molecule has 0 aliphatic carbocycles. The van der Waals surface area contributed by atoms with Gasteiger partial charge in [0.15, 0.2) is 9.84 Å². The van der Waals surface area contributed by atoms with E-state index in [9.17, 15) is 13.5 Å². The molecule has 2 aromatic rings. The Labute approximate surface area is 167 Å². The van der Waals surface area contributed by atoms with Crippen LogP contribution in [0.25, 0.3) is 0 Å². The summed E-state index contributed by atoms with van der Waals surface area (Å²) >= 11 is 0. The Kier molecular flexibility index (Phi) is 7.46. The van der Waals surface area contributed by atoms with Crippen molar-refractivity contribution >= 4 is 9.84 Å². The molecule has 6 nitrogen and oxygen atoms in total. The monoisotopic (exact) mass is 408 g/mol. The number of hydrogen-bond donors (Lipinski definition) is 1. The number of benzene rings is 2. The minimum Gasteiger partial charge on any atom is -0.497 e. The van der Waals surface area contributed by atoms with Crippen molar-refractivity contribution in [2.45, 2.75) is 17.4 Å². The third-order valence-corrected chi connectivity index (χ3v) is 5.69. The summed E-state index contributed by atoms with van der Waals surface area (Å²) in [6.45, 7) is 1.39. The number of aliphatic hydroxyl groups excluding tert-OH is 1. The summed E-state index contributed by atoms with van der Waals surface area (Å²) in [5, 5.41) is 10.4. The quantitative estimate of drug-likeness (QED) is 0.610. The van der Waals surface area contributed by atoms with E-state index >= 15 is 0 Å². The van der Waals surface area contributed by atoms with E-state index < -0.39 is 15.9 Å². The first-order valence-electron chi connectivity index (χ1n) is 9.15. The van der Waals surface area contributed by atoms with E-state index in [0.29, 0.717) is 11.0 Å². The molecule has 0 spiro atoms. The van der Waals surface area contributed by atoms with E-state index in [1.54, 1.807) is 25.3 Å². The Balaban J connectivity index is 1.88. The van der Waals surface area contributed by atoms with Crippen molar-refractivity contribution in [3.63, 3.8) is 0 Å². The number of likely N-dealkylation sites (N-methyl/N-ethyl adjacent to an activating group) is 1. The van der Waals surface area contributed by atoms with E-state index in [1.165, 1.54) is 11.6 Å². The van der Waals surface area contributed by atoms with Gasteiger partial charge in [0.2, 0.25) is 0 Å². The standard InChI is InChI=1S/C21H30NO5S/c1-22(2,14-13-17-9-11-19(26-3)12-10-17)15-18(23)16-27-20-7-5-6-8-21(20)28(4,24)25/h5-12,18,23H,13-16H2,1-4H3/q+1/t18-/m1/s1. The summed E-state index contributed by atoms with van der Waals surface area (Å²) in [4.78, 5) is 0.135. The van der Waals surface area contributed by atoms with Gasteiger partial charge < -0.3 is 19.1 Å². The summed E-state index contributed by atoms with van der Waals surface area (Å²) in [6.07, 6.45) is 1.31. The molecule has 1 N–H and O–H groups in total. The number of hydrogen-bond acceptors (Lipinski definition) is 5. The third-order valence-electron chi connectivity index (χ3n) is 4.55. The molecular formula is C21H30NO5S+. The lowest BCUT2D eigenvalue weighted by Crippen LogP contribution is -2.48. The van der Waals surface area contributed by atoms with Gasteiger partial charge in [-0.2, -0.15) is 0 Å². The second-order valence-corrected chi connectivity index (χ2v) is 9.61. The van der Waals surface area contributed by atoms with Crippen molar-refractivity contribution in [2.24, 2.45) is 0 Å². The molecule has 0 aliphatic rings. The summed E-state index contributed by atoms with van der Waals surface area (Å²) in [5.41, 5.74) is 1.21. The zero-order chi connectivity index (χ0) is 20.8. The fraction of sp³-hybridized carbons (Fsp3) is 0.429. The highest BCUT2D eigenvalue weighted by molar-refractivity contribution is 7.90. The molecule has 0 aliphatic heterocycles. The van der Waals surface area contributed by atoms with Crippen molar-refractivity contribution in [2.75, 3.05) is 47.2 Å². The van der Waals surface area contributed by atoms with Gasteiger partial charge in [0, 0.05) is 12.7 Å². The SMILES string of the molecule is COc1ccc(CC[N+](C)(C)C[C@@H](O)COc2ccccc2S(C)(=O)=O)cc1. The Hall–Kier alpha value is -2.09. The number of rotatable bonds is 10. The predicted octanol–water partition coefficient (Wildman–Crippen LogP) is 2.16. The smallest absolute Gasteiger partial charge is 0.179 e. The number of nitrogens with zero attached hydrogens (tertiary/aromatic N) is 1. The average molecular weight is 409 g/mol. The van der Waals surface area contributed by atoms with Gasteiger partial charge in [0.1, 0.15) is 35.7 Å². The van der Waals surface area contributed by atoms with Crippen LogP contribution in [0.5, 0.6) is 11.5 Å². The van der Waals surface area contributed by atoms with E-state index in [4.69, 9.17) is 9.47 Å². The van der Waals surface area contributed by atoms with Crippen LogP contribution >= 0.6 is 0 Å². The Morgan fingerprint density at radius 3 is 2.32 bits per heavy atom. The number of para-hydroxylation sites is 1. The number of sulfone groups is 1. The fourth-order valence-electron chi connectivity index (χ4n) is 3.00. The van der Waals surface area contributed by atoms with Crippen LogP contribution in [0.1, 0.15) is 5.56 Å². The lowest BCUT2D eigenvalue weighted by molar-refractivity contribution is -0.893. The highest BCUT2D eigenvalue weighted by atomic mass is 32.2. The molecule has 0 bridgehead atoms. The van der Waals surface area contributed by atoms with Gasteiger partial charge in [-0.05, 0) is 29.8 Å². The van der Waals surface area contributed by atoms with E-state index in [2.05, 4.69) is 14.1 Å². The van der Waals surface area contributed by atoms with Crippen LogP contribution < -0.4 is 9.47 Å². The first-order valence-corrected chi connectivity index (χ1v) is 11.0. The molecule has 0 fully saturated rings. The zero-order valence-electron chi connectivity index (χ0n) is 17.0. The van der Waals surface area contributed by atoms with Gasteiger partial charge in [-0.15, -0.1) is 0 Å². The molecule has 2 rings (SSSR count). The van der Waals surface area contributed by atoms with E-state index in [-0.39, 0.29) is 17.3 Å². The van der Waals surface area contributed by atoms with Crippen LogP contribution in [0.2, 0.25) is 0 Å².